The maximum Gasteiger partial charge on any atom is 0.124 e. The van der Waals surface area contributed by atoms with Crippen molar-refractivity contribution in [3.8, 4) is 0 Å². The molecule has 2 rings (SSSR count). The normalized spacial score (nSPS) is 20.3. The number of hydrogen-bond acceptors (Lipinski definition) is 4. The van der Waals surface area contributed by atoms with Crippen molar-refractivity contribution < 1.29 is 9.84 Å². The van der Waals surface area contributed by atoms with Gasteiger partial charge in [-0.05, 0) is 25.2 Å². The third-order valence-corrected chi connectivity index (χ3v) is 2.96. The number of aliphatic hydroxyl groups is 1. The van der Waals surface area contributed by atoms with E-state index in [1.165, 1.54) is 0 Å². The Morgan fingerprint density at radius 3 is 2.93 bits per heavy atom. The van der Waals surface area contributed by atoms with Gasteiger partial charge in [0.15, 0.2) is 0 Å². The molecule has 1 fully saturated rings. The Kier molecular flexibility index (Phi) is 3.23. The Morgan fingerprint density at radius 2 is 2.33 bits per heavy atom. The van der Waals surface area contributed by atoms with E-state index >= 15 is 0 Å². The van der Waals surface area contributed by atoms with Crippen LogP contribution in [0.1, 0.15) is 30.9 Å². The maximum absolute atomic E-state index is 9.96. The zero-order valence-corrected chi connectivity index (χ0v) is 8.65. The Morgan fingerprint density at radius 1 is 1.60 bits per heavy atom. The highest BCUT2D eigenvalue weighted by molar-refractivity contribution is 5.38. The van der Waals surface area contributed by atoms with Crippen LogP contribution in [0.15, 0.2) is 6.20 Å². The summed E-state index contributed by atoms with van der Waals surface area (Å²) in [6, 6.07) is 0. The second-order valence-electron chi connectivity index (χ2n) is 4.05. The third-order valence-electron chi connectivity index (χ3n) is 2.96. The molecule has 2 heterocycles. The quantitative estimate of drug-likeness (QED) is 0.691. The van der Waals surface area contributed by atoms with Crippen LogP contribution in [0.5, 0.6) is 0 Å². The number of aromatic nitrogens is 2. The molecule has 0 radical (unpaired) electrons. The SMILES string of the molecule is Nc1[nH]ncc1C(O)CC1CCOCC1. The van der Waals surface area contributed by atoms with Crippen LogP contribution in [-0.4, -0.2) is 28.5 Å². The van der Waals surface area contributed by atoms with Gasteiger partial charge >= 0.3 is 0 Å². The van der Waals surface area contributed by atoms with E-state index in [-0.39, 0.29) is 0 Å². The third kappa shape index (κ3) is 2.49. The van der Waals surface area contributed by atoms with Crippen LogP contribution in [0.4, 0.5) is 5.82 Å². The molecule has 1 unspecified atom stereocenters. The predicted octanol–water partition coefficient (Wildman–Crippen LogP) is 0.842. The van der Waals surface area contributed by atoms with Crippen molar-refractivity contribution in [1.82, 2.24) is 10.2 Å². The lowest BCUT2D eigenvalue weighted by Gasteiger charge is -2.24. The Balaban J connectivity index is 1.91. The molecule has 1 aromatic rings. The summed E-state index contributed by atoms with van der Waals surface area (Å²) in [5, 5.41) is 16.4. The lowest BCUT2D eigenvalue weighted by atomic mass is 9.92. The van der Waals surface area contributed by atoms with E-state index in [9.17, 15) is 5.11 Å². The summed E-state index contributed by atoms with van der Waals surface area (Å²) in [5.74, 6) is 0.998. The van der Waals surface area contributed by atoms with Crippen molar-refractivity contribution in [2.75, 3.05) is 18.9 Å². The summed E-state index contributed by atoms with van der Waals surface area (Å²) in [6.45, 7) is 1.61. The number of nitrogens with two attached hydrogens (primary N) is 1. The zero-order chi connectivity index (χ0) is 10.7. The Labute approximate surface area is 88.6 Å². The molecule has 0 aliphatic carbocycles. The Hall–Kier alpha value is -1.07. The number of H-pyrrole nitrogens is 1. The van der Waals surface area contributed by atoms with Crippen LogP contribution in [-0.2, 0) is 4.74 Å². The second-order valence-corrected chi connectivity index (χ2v) is 4.05. The number of nitrogens with one attached hydrogen (secondary N) is 1. The van der Waals surface area contributed by atoms with Gasteiger partial charge in [-0.25, -0.2) is 0 Å². The minimum Gasteiger partial charge on any atom is -0.388 e. The number of aliphatic hydroxyl groups excluding tert-OH is 1. The van der Waals surface area contributed by atoms with Crippen LogP contribution < -0.4 is 5.73 Å². The standard InChI is InChI=1S/C10H17N3O2/c11-10-8(6-12-13-10)9(14)5-7-1-3-15-4-2-7/h6-7,9,14H,1-5H2,(H3,11,12,13). The van der Waals surface area contributed by atoms with E-state index in [1.54, 1.807) is 6.20 Å². The van der Waals surface area contributed by atoms with Crippen LogP contribution in [0.25, 0.3) is 0 Å². The van der Waals surface area contributed by atoms with Gasteiger partial charge in [-0.1, -0.05) is 0 Å². The van der Waals surface area contributed by atoms with Gasteiger partial charge < -0.3 is 15.6 Å². The van der Waals surface area contributed by atoms with E-state index in [2.05, 4.69) is 10.2 Å². The minimum absolute atomic E-state index is 0.467. The van der Waals surface area contributed by atoms with E-state index in [4.69, 9.17) is 10.5 Å². The van der Waals surface area contributed by atoms with Crippen molar-refractivity contribution >= 4 is 5.82 Å². The van der Waals surface area contributed by atoms with Crippen molar-refractivity contribution in [2.24, 2.45) is 5.92 Å². The molecule has 0 bridgehead atoms. The summed E-state index contributed by atoms with van der Waals surface area (Å²) in [5.41, 5.74) is 6.35. The number of nitrogens with zero attached hydrogens (tertiary/aromatic N) is 1. The summed E-state index contributed by atoms with van der Waals surface area (Å²) >= 11 is 0. The molecule has 1 saturated heterocycles. The number of aromatic amines is 1. The number of rotatable bonds is 3. The van der Waals surface area contributed by atoms with Gasteiger partial charge in [0.25, 0.3) is 0 Å². The molecule has 84 valence electrons. The predicted molar refractivity (Wildman–Crippen MR) is 56.1 cm³/mol. The molecule has 1 atom stereocenters. The second kappa shape index (κ2) is 4.63. The molecule has 1 aromatic heterocycles. The largest absolute Gasteiger partial charge is 0.388 e. The topological polar surface area (TPSA) is 84.2 Å². The van der Waals surface area contributed by atoms with Gasteiger partial charge in [0, 0.05) is 18.8 Å². The van der Waals surface area contributed by atoms with Crippen molar-refractivity contribution in [1.29, 1.82) is 0 Å². The van der Waals surface area contributed by atoms with Crippen LogP contribution >= 0.6 is 0 Å². The van der Waals surface area contributed by atoms with Gasteiger partial charge in [-0.2, -0.15) is 5.10 Å². The molecule has 15 heavy (non-hydrogen) atoms. The molecule has 0 spiro atoms. The fourth-order valence-corrected chi connectivity index (χ4v) is 2.00. The molecule has 1 aliphatic heterocycles. The average Bonchev–Trinajstić information content (AvgIpc) is 2.66. The molecule has 0 aromatic carbocycles. The van der Waals surface area contributed by atoms with Gasteiger partial charge in [0.05, 0.1) is 12.3 Å². The monoisotopic (exact) mass is 211 g/mol. The number of nitrogen functional groups attached to an aromatic ring is 1. The van der Waals surface area contributed by atoms with Crippen molar-refractivity contribution in [3.63, 3.8) is 0 Å². The highest BCUT2D eigenvalue weighted by atomic mass is 16.5. The highest BCUT2D eigenvalue weighted by Crippen LogP contribution is 2.29. The highest BCUT2D eigenvalue weighted by Gasteiger charge is 2.20. The first-order valence-corrected chi connectivity index (χ1v) is 5.32. The molecule has 5 heteroatoms. The minimum atomic E-state index is -0.508. The van der Waals surface area contributed by atoms with Crippen molar-refractivity contribution in [2.45, 2.75) is 25.4 Å². The lowest BCUT2D eigenvalue weighted by Crippen LogP contribution is -2.18. The molecular weight excluding hydrogens is 194 g/mol. The van der Waals surface area contributed by atoms with E-state index in [1.807, 2.05) is 0 Å². The zero-order valence-electron chi connectivity index (χ0n) is 8.65. The van der Waals surface area contributed by atoms with E-state index < -0.39 is 6.10 Å². The van der Waals surface area contributed by atoms with Gasteiger partial charge in [-0.15, -0.1) is 0 Å². The van der Waals surface area contributed by atoms with Crippen LogP contribution in [0, 0.1) is 5.92 Å². The van der Waals surface area contributed by atoms with E-state index in [0.29, 0.717) is 17.3 Å². The summed E-state index contributed by atoms with van der Waals surface area (Å²) in [7, 11) is 0. The number of ether oxygens (including phenoxy) is 1. The van der Waals surface area contributed by atoms with Crippen LogP contribution in [0.3, 0.4) is 0 Å². The molecule has 0 amide bonds. The average molecular weight is 211 g/mol. The lowest BCUT2D eigenvalue weighted by molar-refractivity contribution is 0.0436. The maximum atomic E-state index is 9.96. The van der Waals surface area contributed by atoms with E-state index in [0.717, 1.165) is 32.5 Å². The number of hydrogen-bond donors (Lipinski definition) is 3. The number of anilines is 1. The Bertz CT molecular complexity index is 307. The molecule has 1 aliphatic rings. The van der Waals surface area contributed by atoms with Gasteiger partial charge in [0.1, 0.15) is 5.82 Å². The van der Waals surface area contributed by atoms with Crippen LogP contribution in [0.2, 0.25) is 0 Å². The first-order valence-electron chi connectivity index (χ1n) is 5.32. The molecule has 5 nitrogen and oxygen atoms in total. The first kappa shape index (κ1) is 10.4. The summed E-state index contributed by atoms with van der Waals surface area (Å²) in [4.78, 5) is 0. The van der Waals surface area contributed by atoms with Crippen molar-refractivity contribution in [3.05, 3.63) is 11.8 Å². The van der Waals surface area contributed by atoms with Gasteiger partial charge in [-0.3, -0.25) is 5.10 Å². The fourth-order valence-electron chi connectivity index (χ4n) is 2.00. The molecular formula is C10H17N3O2. The first-order chi connectivity index (χ1) is 7.27. The van der Waals surface area contributed by atoms with Gasteiger partial charge in [0.2, 0.25) is 0 Å². The smallest absolute Gasteiger partial charge is 0.124 e. The summed E-state index contributed by atoms with van der Waals surface area (Å²) in [6.07, 6.45) is 3.88. The fraction of sp³-hybridized carbons (Fsp3) is 0.700. The summed E-state index contributed by atoms with van der Waals surface area (Å²) < 4.78 is 5.27. The molecule has 0 saturated carbocycles. The molecule has 4 N–H and O–H groups in total.